The van der Waals surface area contributed by atoms with Gasteiger partial charge in [0.05, 0.1) is 20.8 Å². The number of hydrogen-bond donors (Lipinski definition) is 1. The highest BCUT2D eigenvalue weighted by molar-refractivity contribution is 6.37. The molecule has 0 spiro atoms. The summed E-state index contributed by atoms with van der Waals surface area (Å²) in [5.74, 6) is 2.77. The second-order valence-electron chi connectivity index (χ2n) is 4.21. The van der Waals surface area contributed by atoms with Gasteiger partial charge in [0.15, 0.2) is 5.75 Å². The van der Waals surface area contributed by atoms with Crippen LogP contribution in [-0.2, 0) is 6.54 Å². The Hall–Kier alpha value is -1.53. The van der Waals surface area contributed by atoms with Crippen LogP contribution in [0.4, 0.5) is 5.69 Å². The number of hydrogen-bond acceptors (Lipinski definition) is 2. The molecule has 2 nitrogen and oxygen atoms in total. The summed E-state index contributed by atoms with van der Waals surface area (Å²) in [6, 6.07) is 11.1. The number of ether oxygens (including phenoxy) is 1. The minimum atomic E-state index is 0.122. The highest BCUT2D eigenvalue weighted by Crippen LogP contribution is 2.34. The van der Waals surface area contributed by atoms with Crippen LogP contribution in [0.5, 0.6) is 5.75 Å². The summed E-state index contributed by atoms with van der Waals surface area (Å²) in [5, 5.41) is 4.73. The quantitative estimate of drug-likeness (QED) is 0.749. The Balaban J connectivity index is 2.12. The first-order valence-electron chi connectivity index (χ1n) is 6.14. The topological polar surface area (TPSA) is 21.3 Å². The Morgan fingerprint density at radius 1 is 1.05 bits per heavy atom. The summed E-state index contributed by atoms with van der Waals surface area (Å²) < 4.78 is 5.31. The predicted octanol–water partition coefficient (Wildman–Crippen LogP) is 5.27. The zero-order valence-corrected chi connectivity index (χ0v) is 13.3. The van der Waals surface area contributed by atoms with E-state index >= 15 is 0 Å². The number of halogens is 3. The molecule has 0 unspecified atom stereocenters. The van der Waals surface area contributed by atoms with Crippen molar-refractivity contribution in [2.75, 3.05) is 11.9 Å². The molecule has 5 heteroatoms. The van der Waals surface area contributed by atoms with E-state index in [1.807, 2.05) is 24.3 Å². The van der Waals surface area contributed by atoms with E-state index < -0.39 is 0 Å². The van der Waals surface area contributed by atoms with Crippen LogP contribution in [-0.4, -0.2) is 6.61 Å². The van der Waals surface area contributed by atoms with Crippen LogP contribution in [0.1, 0.15) is 5.56 Å². The lowest BCUT2D eigenvalue weighted by Crippen LogP contribution is -2.01. The Kier molecular flexibility index (Phi) is 5.64. The third-order valence-corrected chi connectivity index (χ3v) is 3.61. The largest absolute Gasteiger partial charge is 0.478 e. The van der Waals surface area contributed by atoms with E-state index in [-0.39, 0.29) is 6.61 Å². The zero-order chi connectivity index (χ0) is 15.2. The molecule has 1 N–H and O–H groups in total. The lowest BCUT2D eigenvalue weighted by atomic mass is 10.2. The maximum absolute atomic E-state index is 6.15. The monoisotopic (exact) mass is 339 g/mol. The Morgan fingerprint density at radius 2 is 1.71 bits per heavy atom. The average Bonchev–Trinajstić information content (AvgIpc) is 2.46. The van der Waals surface area contributed by atoms with Gasteiger partial charge in [0.25, 0.3) is 0 Å². The molecular formula is C16H12Cl3NO. The molecule has 0 saturated carbocycles. The molecule has 2 aromatic rings. The molecule has 0 aliphatic rings. The maximum Gasteiger partial charge on any atom is 0.157 e. The number of nitrogens with one attached hydrogen (secondary N) is 1. The number of benzene rings is 2. The third-order valence-electron chi connectivity index (χ3n) is 2.71. The summed E-state index contributed by atoms with van der Waals surface area (Å²) in [6.07, 6.45) is 5.15. The lowest BCUT2D eigenvalue weighted by molar-refractivity contribution is 0.371. The van der Waals surface area contributed by atoms with E-state index in [4.69, 9.17) is 46.0 Å². The first kappa shape index (κ1) is 15.9. The van der Waals surface area contributed by atoms with Gasteiger partial charge in [-0.05, 0) is 29.8 Å². The van der Waals surface area contributed by atoms with Crippen molar-refractivity contribution in [2.24, 2.45) is 0 Å². The zero-order valence-electron chi connectivity index (χ0n) is 11.0. The molecule has 0 aliphatic heterocycles. The van der Waals surface area contributed by atoms with Crippen molar-refractivity contribution in [1.29, 1.82) is 0 Å². The second kappa shape index (κ2) is 7.47. The molecule has 0 amide bonds. The van der Waals surface area contributed by atoms with Crippen molar-refractivity contribution in [1.82, 2.24) is 0 Å². The smallest absolute Gasteiger partial charge is 0.157 e. The fraction of sp³-hybridized carbons (Fsp3) is 0.125. The number of rotatable bonds is 5. The molecule has 0 aromatic heterocycles. The highest BCUT2D eigenvalue weighted by atomic mass is 35.5. The first-order chi connectivity index (χ1) is 10.1. The average molecular weight is 341 g/mol. The Morgan fingerprint density at radius 3 is 2.33 bits per heavy atom. The summed E-state index contributed by atoms with van der Waals surface area (Å²) in [4.78, 5) is 0. The van der Waals surface area contributed by atoms with Crippen LogP contribution in [0.3, 0.4) is 0 Å². The molecule has 0 radical (unpaired) electrons. The van der Waals surface area contributed by atoms with Gasteiger partial charge in [-0.2, -0.15) is 0 Å². The van der Waals surface area contributed by atoms with E-state index in [0.29, 0.717) is 27.4 Å². The van der Waals surface area contributed by atoms with Gasteiger partial charge in [-0.3, -0.25) is 0 Å². The fourth-order valence-corrected chi connectivity index (χ4v) is 2.61. The van der Waals surface area contributed by atoms with E-state index in [9.17, 15) is 0 Å². The number of anilines is 1. The SMILES string of the molecule is C#CCOc1c(Cl)cc(CNc2ccccc2Cl)cc1Cl. The van der Waals surface area contributed by atoms with Gasteiger partial charge < -0.3 is 10.1 Å². The van der Waals surface area contributed by atoms with Crippen LogP contribution in [0.15, 0.2) is 36.4 Å². The highest BCUT2D eigenvalue weighted by Gasteiger charge is 2.09. The lowest BCUT2D eigenvalue weighted by Gasteiger charge is -2.12. The number of terminal acetylenes is 1. The van der Waals surface area contributed by atoms with Crippen molar-refractivity contribution in [3.63, 3.8) is 0 Å². The number of para-hydroxylation sites is 1. The minimum Gasteiger partial charge on any atom is -0.478 e. The van der Waals surface area contributed by atoms with Gasteiger partial charge in [0.1, 0.15) is 6.61 Å². The van der Waals surface area contributed by atoms with Crippen molar-refractivity contribution >= 4 is 40.5 Å². The summed E-state index contributed by atoms with van der Waals surface area (Å²) in [6.45, 7) is 0.662. The molecule has 21 heavy (non-hydrogen) atoms. The van der Waals surface area contributed by atoms with Crippen LogP contribution in [0.25, 0.3) is 0 Å². The van der Waals surface area contributed by atoms with Gasteiger partial charge in [-0.25, -0.2) is 0 Å². The molecule has 0 heterocycles. The fourth-order valence-electron chi connectivity index (χ4n) is 1.77. The summed E-state index contributed by atoms with van der Waals surface area (Å²) in [5.41, 5.74) is 1.76. The van der Waals surface area contributed by atoms with Crippen molar-refractivity contribution in [2.45, 2.75) is 6.54 Å². The van der Waals surface area contributed by atoms with Gasteiger partial charge in [0, 0.05) is 6.54 Å². The molecule has 2 aromatic carbocycles. The normalized spacial score (nSPS) is 10.0. The minimum absolute atomic E-state index is 0.122. The third kappa shape index (κ3) is 4.22. The molecule has 0 saturated heterocycles. The van der Waals surface area contributed by atoms with Gasteiger partial charge in [0.2, 0.25) is 0 Å². The molecule has 0 aliphatic carbocycles. The molecular weight excluding hydrogens is 329 g/mol. The molecule has 0 atom stereocenters. The van der Waals surface area contributed by atoms with Crippen molar-refractivity contribution < 1.29 is 4.74 Å². The van der Waals surface area contributed by atoms with Crippen molar-refractivity contribution in [3.8, 4) is 18.1 Å². The van der Waals surface area contributed by atoms with Crippen LogP contribution >= 0.6 is 34.8 Å². The summed E-state index contributed by atoms with van der Waals surface area (Å²) >= 11 is 18.4. The molecule has 0 fully saturated rings. The molecule has 108 valence electrons. The Bertz CT molecular complexity index is 656. The van der Waals surface area contributed by atoms with E-state index in [2.05, 4.69) is 11.2 Å². The van der Waals surface area contributed by atoms with Gasteiger partial charge >= 0.3 is 0 Å². The van der Waals surface area contributed by atoms with E-state index in [1.54, 1.807) is 12.1 Å². The second-order valence-corrected chi connectivity index (χ2v) is 5.44. The first-order valence-corrected chi connectivity index (χ1v) is 7.28. The van der Waals surface area contributed by atoms with Crippen LogP contribution < -0.4 is 10.1 Å². The van der Waals surface area contributed by atoms with Gasteiger partial charge in [-0.1, -0.05) is 52.9 Å². The van der Waals surface area contributed by atoms with Crippen LogP contribution in [0.2, 0.25) is 15.1 Å². The van der Waals surface area contributed by atoms with E-state index in [1.165, 1.54) is 0 Å². The summed E-state index contributed by atoms with van der Waals surface area (Å²) in [7, 11) is 0. The molecule has 2 rings (SSSR count). The van der Waals surface area contributed by atoms with Crippen LogP contribution in [0, 0.1) is 12.3 Å². The Labute approximate surface area is 139 Å². The maximum atomic E-state index is 6.15. The van der Waals surface area contributed by atoms with E-state index in [0.717, 1.165) is 11.3 Å². The van der Waals surface area contributed by atoms with Gasteiger partial charge in [-0.15, -0.1) is 6.42 Å². The van der Waals surface area contributed by atoms with Crippen molar-refractivity contribution in [3.05, 3.63) is 57.0 Å². The standard InChI is InChI=1S/C16H12Cl3NO/c1-2-7-21-16-13(18)8-11(9-14(16)19)10-20-15-6-4-3-5-12(15)17/h1,3-6,8-9,20H,7,10H2. The predicted molar refractivity (Wildman–Crippen MR) is 89.6 cm³/mol. The molecule has 0 bridgehead atoms.